The molecule has 0 aromatic rings. The zero-order valence-electron chi connectivity index (χ0n) is 11.3. The van der Waals surface area contributed by atoms with Gasteiger partial charge < -0.3 is 4.90 Å². The highest BCUT2D eigenvalue weighted by atomic mass is 16.2. The Morgan fingerprint density at radius 2 is 2.06 bits per heavy atom. The number of aliphatic imine (C=N–C) groups is 1. The van der Waals surface area contributed by atoms with E-state index in [-0.39, 0.29) is 11.8 Å². The van der Waals surface area contributed by atoms with Gasteiger partial charge in [0.05, 0.1) is 5.92 Å². The normalized spacial score (nSPS) is 23.0. The summed E-state index contributed by atoms with van der Waals surface area (Å²) in [6.45, 7) is 8.90. The Kier molecular flexibility index (Phi) is 6.01. The van der Waals surface area contributed by atoms with Crippen LogP contribution in [0.2, 0.25) is 0 Å². The highest BCUT2D eigenvalue weighted by Gasteiger charge is 2.26. The minimum absolute atomic E-state index is 0.0666. The van der Waals surface area contributed by atoms with Gasteiger partial charge in [-0.3, -0.25) is 15.1 Å². The number of hydrogen-bond donors (Lipinski definition) is 1. The lowest BCUT2D eigenvalue weighted by Crippen LogP contribution is -2.54. The van der Waals surface area contributed by atoms with Gasteiger partial charge in [-0.15, -0.1) is 0 Å². The average molecular weight is 239 g/mol. The van der Waals surface area contributed by atoms with E-state index in [9.17, 15) is 4.79 Å². The Balaban J connectivity index is 2.60. The van der Waals surface area contributed by atoms with Crippen LogP contribution in [0.1, 0.15) is 46.5 Å². The third kappa shape index (κ3) is 4.36. The first kappa shape index (κ1) is 14.0. The van der Waals surface area contributed by atoms with E-state index in [2.05, 4.69) is 29.1 Å². The van der Waals surface area contributed by atoms with Crippen molar-refractivity contribution in [2.24, 2.45) is 10.9 Å². The molecule has 1 rings (SSSR count). The quantitative estimate of drug-likeness (QED) is 0.721. The first-order valence-electron chi connectivity index (χ1n) is 6.79. The maximum atomic E-state index is 11.6. The zero-order valence-corrected chi connectivity index (χ0v) is 11.3. The minimum atomic E-state index is 0.0666. The maximum Gasteiger partial charge on any atom is 0.231 e. The van der Waals surface area contributed by atoms with Crippen molar-refractivity contribution in [1.29, 1.82) is 0 Å². The first-order valence-corrected chi connectivity index (χ1v) is 6.79. The topological polar surface area (TPSA) is 44.7 Å². The number of guanidine groups is 1. The van der Waals surface area contributed by atoms with Gasteiger partial charge >= 0.3 is 0 Å². The summed E-state index contributed by atoms with van der Waals surface area (Å²) < 4.78 is 0. The molecule has 1 unspecified atom stereocenters. The van der Waals surface area contributed by atoms with Crippen molar-refractivity contribution in [2.75, 3.05) is 19.6 Å². The van der Waals surface area contributed by atoms with E-state index in [0.29, 0.717) is 0 Å². The molecule has 0 bridgehead atoms. The Morgan fingerprint density at radius 3 is 2.71 bits per heavy atom. The SMILES string of the molecule is CCCCN=C1NC(=O)C(C)CN1CCCC. The second-order valence-electron chi connectivity index (χ2n) is 4.75. The first-order chi connectivity index (χ1) is 8.19. The molecule has 4 nitrogen and oxygen atoms in total. The van der Waals surface area contributed by atoms with Gasteiger partial charge in [-0.2, -0.15) is 0 Å². The lowest BCUT2D eigenvalue weighted by molar-refractivity contribution is -0.124. The third-order valence-corrected chi connectivity index (χ3v) is 3.03. The maximum absolute atomic E-state index is 11.6. The molecule has 1 saturated heterocycles. The van der Waals surface area contributed by atoms with Gasteiger partial charge in [0.15, 0.2) is 0 Å². The highest BCUT2D eigenvalue weighted by Crippen LogP contribution is 2.09. The Morgan fingerprint density at radius 1 is 1.35 bits per heavy atom. The Hall–Kier alpha value is -1.06. The van der Waals surface area contributed by atoms with E-state index in [1.165, 1.54) is 6.42 Å². The molecule has 1 amide bonds. The van der Waals surface area contributed by atoms with E-state index in [1.54, 1.807) is 0 Å². The van der Waals surface area contributed by atoms with Crippen molar-refractivity contribution in [2.45, 2.75) is 46.5 Å². The lowest BCUT2D eigenvalue weighted by atomic mass is 10.1. The molecule has 1 atom stereocenters. The fourth-order valence-corrected chi connectivity index (χ4v) is 1.84. The number of unbranched alkanes of at least 4 members (excludes halogenated alkanes) is 2. The average Bonchev–Trinajstić information content (AvgIpc) is 2.32. The number of hydrogen-bond acceptors (Lipinski definition) is 2. The molecule has 98 valence electrons. The molecule has 0 aliphatic carbocycles. The van der Waals surface area contributed by atoms with Crippen molar-refractivity contribution < 1.29 is 4.79 Å². The molecular formula is C13H25N3O. The largest absolute Gasteiger partial charge is 0.342 e. The second kappa shape index (κ2) is 7.30. The summed E-state index contributed by atoms with van der Waals surface area (Å²) in [5.74, 6) is 0.958. The van der Waals surface area contributed by atoms with Crippen LogP contribution >= 0.6 is 0 Å². The van der Waals surface area contributed by atoms with Crippen LogP contribution in [0.3, 0.4) is 0 Å². The molecule has 0 radical (unpaired) electrons. The monoisotopic (exact) mass is 239 g/mol. The molecular weight excluding hydrogens is 214 g/mol. The van der Waals surface area contributed by atoms with Crippen LogP contribution < -0.4 is 5.32 Å². The van der Waals surface area contributed by atoms with Crippen molar-refractivity contribution in [3.8, 4) is 0 Å². The van der Waals surface area contributed by atoms with E-state index < -0.39 is 0 Å². The zero-order chi connectivity index (χ0) is 12.7. The Labute approximate surface area is 104 Å². The van der Waals surface area contributed by atoms with E-state index in [1.807, 2.05) is 6.92 Å². The lowest BCUT2D eigenvalue weighted by Gasteiger charge is -2.33. The molecule has 1 fully saturated rings. The van der Waals surface area contributed by atoms with Crippen LogP contribution in [-0.2, 0) is 4.79 Å². The van der Waals surface area contributed by atoms with Gasteiger partial charge in [0.2, 0.25) is 11.9 Å². The molecule has 0 saturated carbocycles. The third-order valence-electron chi connectivity index (χ3n) is 3.03. The molecule has 0 aromatic carbocycles. The number of carbonyl (C=O) groups is 1. The predicted molar refractivity (Wildman–Crippen MR) is 71.0 cm³/mol. The second-order valence-corrected chi connectivity index (χ2v) is 4.75. The molecule has 0 aromatic heterocycles. The predicted octanol–water partition coefficient (Wildman–Crippen LogP) is 2.01. The summed E-state index contributed by atoms with van der Waals surface area (Å²) in [7, 11) is 0. The van der Waals surface area contributed by atoms with Gasteiger partial charge in [0, 0.05) is 19.6 Å². The van der Waals surface area contributed by atoms with E-state index in [0.717, 1.165) is 44.9 Å². The van der Waals surface area contributed by atoms with Gasteiger partial charge in [-0.25, -0.2) is 0 Å². The van der Waals surface area contributed by atoms with E-state index in [4.69, 9.17) is 0 Å². The number of rotatable bonds is 6. The van der Waals surface area contributed by atoms with Crippen molar-refractivity contribution >= 4 is 11.9 Å². The molecule has 0 spiro atoms. The summed E-state index contributed by atoms with van der Waals surface area (Å²) in [6, 6.07) is 0. The number of nitrogens with one attached hydrogen (secondary N) is 1. The van der Waals surface area contributed by atoms with Crippen molar-refractivity contribution in [3.05, 3.63) is 0 Å². The van der Waals surface area contributed by atoms with Crippen molar-refractivity contribution in [3.63, 3.8) is 0 Å². The molecule has 4 heteroatoms. The Bertz CT molecular complexity index is 276. The highest BCUT2D eigenvalue weighted by molar-refractivity contribution is 6.00. The van der Waals surface area contributed by atoms with Crippen LogP contribution in [0.15, 0.2) is 4.99 Å². The molecule has 17 heavy (non-hydrogen) atoms. The fraction of sp³-hybridized carbons (Fsp3) is 0.846. The van der Waals surface area contributed by atoms with Crippen LogP contribution in [0, 0.1) is 5.92 Å². The minimum Gasteiger partial charge on any atom is -0.342 e. The fourth-order valence-electron chi connectivity index (χ4n) is 1.84. The summed E-state index contributed by atoms with van der Waals surface area (Å²) in [4.78, 5) is 18.4. The van der Waals surface area contributed by atoms with Crippen LogP contribution in [0.4, 0.5) is 0 Å². The molecule has 1 N–H and O–H groups in total. The van der Waals surface area contributed by atoms with Gasteiger partial charge in [0.1, 0.15) is 0 Å². The van der Waals surface area contributed by atoms with Crippen LogP contribution in [0.25, 0.3) is 0 Å². The van der Waals surface area contributed by atoms with E-state index >= 15 is 0 Å². The van der Waals surface area contributed by atoms with Gasteiger partial charge in [-0.05, 0) is 12.8 Å². The van der Waals surface area contributed by atoms with Crippen LogP contribution in [0.5, 0.6) is 0 Å². The number of nitrogens with zero attached hydrogens (tertiary/aromatic N) is 2. The number of carbonyl (C=O) groups excluding carboxylic acids is 1. The summed E-state index contributed by atoms with van der Waals surface area (Å²) in [5, 5.41) is 2.92. The van der Waals surface area contributed by atoms with Crippen LogP contribution in [-0.4, -0.2) is 36.4 Å². The van der Waals surface area contributed by atoms with Gasteiger partial charge in [-0.1, -0.05) is 33.6 Å². The summed E-state index contributed by atoms with van der Waals surface area (Å²) >= 11 is 0. The smallest absolute Gasteiger partial charge is 0.231 e. The van der Waals surface area contributed by atoms with Crippen molar-refractivity contribution in [1.82, 2.24) is 10.2 Å². The summed E-state index contributed by atoms with van der Waals surface area (Å²) in [6.07, 6.45) is 4.53. The summed E-state index contributed by atoms with van der Waals surface area (Å²) in [5.41, 5.74) is 0. The molecule has 1 heterocycles. The molecule has 1 aliphatic heterocycles. The standard InChI is InChI=1S/C13H25N3O/c1-4-6-8-14-13-15-12(17)11(3)10-16(13)9-7-5-2/h11H,4-10H2,1-3H3,(H,14,15,17). The van der Waals surface area contributed by atoms with Gasteiger partial charge in [0.25, 0.3) is 0 Å². The molecule has 1 aliphatic rings. The number of amides is 1.